The number of aryl methyl sites for hydroxylation is 1. The minimum atomic E-state index is -0.238. The van der Waals surface area contributed by atoms with Crippen molar-refractivity contribution in [2.24, 2.45) is 0 Å². The molecule has 1 aliphatic heterocycles. The van der Waals surface area contributed by atoms with Crippen LogP contribution in [0.15, 0.2) is 12.7 Å². The molecule has 1 unspecified atom stereocenters. The van der Waals surface area contributed by atoms with Crippen LogP contribution in [0.25, 0.3) is 0 Å². The van der Waals surface area contributed by atoms with Gasteiger partial charge in [-0.15, -0.1) is 0 Å². The first-order valence-electron chi connectivity index (χ1n) is 8.27. The van der Waals surface area contributed by atoms with Crippen LogP contribution in [0.2, 0.25) is 0 Å². The van der Waals surface area contributed by atoms with Crippen LogP contribution in [0.3, 0.4) is 0 Å². The van der Waals surface area contributed by atoms with Crippen LogP contribution < -0.4 is 0 Å². The summed E-state index contributed by atoms with van der Waals surface area (Å²) in [6.07, 6.45) is 4.14. The van der Waals surface area contributed by atoms with Gasteiger partial charge in [0.15, 0.2) is 11.6 Å². The zero-order chi connectivity index (χ0) is 16.9. The monoisotopic (exact) mass is 333 g/mol. The molecule has 1 aliphatic rings. The highest BCUT2D eigenvalue weighted by atomic mass is 16.5. The number of ether oxygens (including phenoxy) is 1. The van der Waals surface area contributed by atoms with E-state index in [1.807, 2.05) is 18.7 Å². The second-order valence-electron chi connectivity index (χ2n) is 6.19. The summed E-state index contributed by atoms with van der Waals surface area (Å²) in [5, 5.41) is 11.2. The molecule has 0 bridgehead atoms. The van der Waals surface area contributed by atoms with Crippen LogP contribution in [0.5, 0.6) is 0 Å². The molecule has 9 nitrogen and oxygen atoms in total. The molecule has 3 rings (SSSR count). The zero-order valence-corrected chi connectivity index (χ0v) is 14.1. The van der Waals surface area contributed by atoms with Crippen molar-refractivity contribution < 1.29 is 9.53 Å². The molecular formula is C15H23N7O2. The number of H-pyrrole nitrogens is 1. The molecule has 2 aromatic rings. The Labute approximate surface area is 140 Å². The van der Waals surface area contributed by atoms with Crippen molar-refractivity contribution in [2.45, 2.75) is 45.3 Å². The van der Waals surface area contributed by atoms with Crippen LogP contribution in [-0.2, 0) is 16.1 Å². The Morgan fingerprint density at radius 1 is 1.50 bits per heavy atom. The van der Waals surface area contributed by atoms with E-state index in [9.17, 15) is 4.79 Å². The third-order valence-electron chi connectivity index (χ3n) is 4.00. The van der Waals surface area contributed by atoms with E-state index in [0.29, 0.717) is 38.5 Å². The maximum Gasteiger partial charge on any atom is 0.222 e. The molecule has 2 aromatic heterocycles. The maximum atomic E-state index is 12.4. The molecule has 3 heterocycles. The summed E-state index contributed by atoms with van der Waals surface area (Å²) in [6, 6.07) is 0. The van der Waals surface area contributed by atoms with Crippen molar-refractivity contribution in [1.82, 2.24) is 34.8 Å². The van der Waals surface area contributed by atoms with Gasteiger partial charge in [-0.05, 0) is 6.42 Å². The molecule has 0 spiro atoms. The van der Waals surface area contributed by atoms with Crippen LogP contribution in [0.4, 0.5) is 0 Å². The number of rotatable bonds is 6. The minimum absolute atomic E-state index is 0.131. The third-order valence-corrected chi connectivity index (χ3v) is 4.00. The van der Waals surface area contributed by atoms with Crippen LogP contribution in [0, 0.1) is 0 Å². The Hall–Kier alpha value is -2.29. The Bertz CT molecular complexity index is 653. The average Bonchev–Trinajstić information content (AvgIpc) is 3.26. The molecule has 1 atom stereocenters. The standard InChI is InChI=1S/C15H23N7O2/c1-11(2)14-18-15(20-19-14)12-8-21(6-7-24-12)13(23)4-3-5-22-10-16-9-17-22/h9-12H,3-8H2,1-2H3,(H,18,19,20). The number of nitrogens with one attached hydrogen (secondary N) is 1. The van der Waals surface area contributed by atoms with E-state index in [1.54, 1.807) is 11.0 Å². The molecular weight excluding hydrogens is 310 g/mol. The number of aromatic nitrogens is 6. The van der Waals surface area contributed by atoms with E-state index in [0.717, 1.165) is 12.2 Å². The number of amides is 1. The lowest BCUT2D eigenvalue weighted by molar-refractivity contribution is -0.139. The summed E-state index contributed by atoms with van der Waals surface area (Å²) in [5.74, 6) is 1.85. The van der Waals surface area contributed by atoms with Gasteiger partial charge in [-0.1, -0.05) is 13.8 Å². The number of carbonyl (C=O) groups is 1. The van der Waals surface area contributed by atoms with Crippen molar-refractivity contribution >= 4 is 5.91 Å². The topological polar surface area (TPSA) is 102 Å². The minimum Gasteiger partial charge on any atom is -0.367 e. The second kappa shape index (κ2) is 7.52. The Balaban J connectivity index is 1.51. The molecule has 1 fully saturated rings. The quantitative estimate of drug-likeness (QED) is 0.843. The van der Waals surface area contributed by atoms with Crippen molar-refractivity contribution in [3.8, 4) is 0 Å². The van der Waals surface area contributed by atoms with Gasteiger partial charge in [0.1, 0.15) is 18.8 Å². The number of carbonyl (C=O) groups excluding carboxylic acids is 1. The number of hydrogen-bond donors (Lipinski definition) is 1. The first kappa shape index (κ1) is 16.6. The zero-order valence-electron chi connectivity index (χ0n) is 14.1. The highest BCUT2D eigenvalue weighted by Gasteiger charge is 2.27. The van der Waals surface area contributed by atoms with E-state index < -0.39 is 0 Å². The number of aromatic amines is 1. The third kappa shape index (κ3) is 3.97. The first-order valence-corrected chi connectivity index (χ1v) is 8.27. The SMILES string of the molecule is CC(C)c1n[nH]c(C2CN(C(=O)CCCn3cncn3)CCO2)n1. The summed E-state index contributed by atoms with van der Waals surface area (Å²) >= 11 is 0. The van der Waals surface area contributed by atoms with Gasteiger partial charge in [-0.25, -0.2) is 9.97 Å². The van der Waals surface area contributed by atoms with Crippen molar-refractivity contribution in [2.75, 3.05) is 19.7 Å². The number of morpholine rings is 1. The van der Waals surface area contributed by atoms with E-state index >= 15 is 0 Å². The molecule has 1 N–H and O–H groups in total. The molecule has 0 aliphatic carbocycles. The predicted molar refractivity (Wildman–Crippen MR) is 85.0 cm³/mol. The van der Waals surface area contributed by atoms with Gasteiger partial charge in [0.2, 0.25) is 5.91 Å². The van der Waals surface area contributed by atoms with Crippen LogP contribution in [0.1, 0.15) is 50.4 Å². The van der Waals surface area contributed by atoms with E-state index in [2.05, 4.69) is 25.3 Å². The highest BCUT2D eigenvalue weighted by molar-refractivity contribution is 5.76. The van der Waals surface area contributed by atoms with Crippen molar-refractivity contribution in [3.05, 3.63) is 24.3 Å². The fraction of sp³-hybridized carbons (Fsp3) is 0.667. The molecule has 0 aromatic carbocycles. The second-order valence-corrected chi connectivity index (χ2v) is 6.19. The maximum absolute atomic E-state index is 12.4. The van der Waals surface area contributed by atoms with E-state index in [1.165, 1.54) is 6.33 Å². The van der Waals surface area contributed by atoms with Gasteiger partial charge in [-0.3, -0.25) is 14.6 Å². The fourth-order valence-corrected chi connectivity index (χ4v) is 2.63. The van der Waals surface area contributed by atoms with E-state index in [-0.39, 0.29) is 17.9 Å². The van der Waals surface area contributed by atoms with Crippen LogP contribution >= 0.6 is 0 Å². The summed E-state index contributed by atoms with van der Waals surface area (Å²) in [6.45, 7) is 6.41. The largest absolute Gasteiger partial charge is 0.367 e. The van der Waals surface area contributed by atoms with Gasteiger partial charge in [-0.2, -0.15) is 10.2 Å². The molecule has 0 saturated carbocycles. The molecule has 9 heteroatoms. The Morgan fingerprint density at radius 2 is 2.38 bits per heavy atom. The summed E-state index contributed by atoms with van der Waals surface area (Å²) in [4.78, 5) is 22.6. The molecule has 1 amide bonds. The van der Waals surface area contributed by atoms with Gasteiger partial charge in [0.05, 0.1) is 13.2 Å². The summed E-state index contributed by atoms with van der Waals surface area (Å²) in [5.41, 5.74) is 0. The molecule has 24 heavy (non-hydrogen) atoms. The Kier molecular flexibility index (Phi) is 5.19. The smallest absolute Gasteiger partial charge is 0.222 e. The number of nitrogens with zero attached hydrogens (tertiary/aromatic N) is 6. The fourth-order valence-electron chi connectivity index (χ4n) is 2.63. The van der Waals surface area contributed by atoms with Gasteiger partial charge >= 0.3 is 0 Å². The molecule has 130 valence electrons. The van der Waals surface area contributed by atoms with Gasteiger partial charge in [0, 0.05) is 25.4 Å². The number of hydrogen-bond acceptors (Lipinski definition) is 6. The van der Waals surface area contributed by atoms with Crippen molar-refractivity contribution in [3.63, 3.8) is 0 Å². The van der Waals surface area contributed by atoms with Gasteiger partial charge < -0.3 is 9.64 Å². The lowest BCUT2D eigenvalue weighted by Crippen LogP contribution is -2.42. The predicted octanol–water partition coefficient (Wildman–Crippen LogP) is 0.900. The molecule has 1 saturated heterocycles. The highest BCUT2D eigenvalue weighted by Crippen LogP contribution is 2.21. The van der Waals surface area contributed by atoms with E-state index in [4.69, 9.17) is 4.74 Å². The lowest BCUT2D eigenvalue weighted by Gasteiger charge is -2.32. The summed E-state index contributed by atoms with van der Waals surface area (Å²) < 4.78 is 7.48. The molecule has 0 radical (unpaired) electrons. The normalized spacial score (nSPS) is 18.3. The Morgan fingerprint density at radius 3 is 3.08 bits per heavy atom. The lowest BCUT2D eigenvalue weighted by atomic mass is 10.2. The van der Waals surface area contributed by atoms with Crippen LogP contribution in [-0.4, -0.2) is 60.4 Å². The van der Waals surface area contributed by atoms with Gasteiger partial charge in [0.25, 0.3) is 0 Å². The summed E-state index contributed by atoms with van der Waals surface area (Å²) in [7, 11) is 0. The average molecular weight is 333 g/mol. The van der Waals surface area contributed by atoms with Crippen molar-refractivity contribution in [1.29, 1.82) is 0 Å². The first-order chi connectivity index (χ1) is 11.6.